The summed E-state index contributed by atoms with van der Waals surface area (Å²) in [6, 6.07) is 8.26. The zero-order chi connectivity index (χ0) is 12.7. The van der Waals surface area contributed by atoms with Crippen molar-refractivity contribution in [1.29, 1.82) is 0 Å². The van der Waals surface area contributed by atoms with Crippen molar-refractivity contribution in [3.05, 3.63) is 30.3 Å². The van der Waals surface area contributed by atoms with Gasteiger partial charge >= 0.3 is 0 Å². The molecule has 0 atom stereocenters. The van der Waals surface area contributed by atoms with Gasteiger partial charge in [0.15, 0.2) is 9.84 Å². The molecule has 0 aliphatic rings. The summed E-state index contributed by atoms with van der Waals surface area (Å²) in [5.41, 5.74) is 5.10. The highest BCUT2D eigenvalue weighted by Crippen LogP contribution is 2.10. The number of hydrogen-bond acceptors (Lipinski definition) is 4. The molecule has 7 heteroatoms. The molecule has 0 heterocycles. The van der Waals surface area contributed by atoms with E-state index in [9.17, 15) is 13.2 Å². The van der Waals surface area contributed by atoms with Gasteiger partial charge in [0.25, 0.3) is 0 Å². The molecule has 0 radical (unpaired) electrons. The average molecular weight is 293 g/mol. The van der Waals surface area contributed by atoms with E-state index in [0.29, 0.717) is 17.9 Å². The molecule has 1 rings (SSSR count). The summed E-state index contributed by atoms with van der Waals surface area (Å²) in [6.07, 6.45) is 0.378. The van der Waals surface area contributed by atoms with Gasteiger partial charge in [-0.25, -0.2) is 8.42 Å². The standard InChI is InChI=1S/C11H16N2O3S.ClH/c12-9-11(14)13-7-4-8-17(15,16)10-5-2-1-3-6-10;/h1-3,5-6H,4,7-9,12H2,(H,13,14);1H. The van der Waals surface area contributed by atoms with Crippen molar-refractivity contribution < 1.29 is 13.2 Å². The van der Waals surface area contributed by atoms with Gasteiger partial charge in [0, 0.05) is 6.54 Å². The highest BCUT2D eigenvalue weighted by atomic mass is 35.5. The summed E-state index contributed by atoms with van der Waals surface area (Å²) in [7, 11) is -3.25. The van der Waals surface area contributed by atoms with Crippen molar-refractivity contribution in [2.24, 2.45) is 5.73 Å². The number of rotatable bonds is 6. The van der Waals surface area contributed by atoms with Gasteiger partial charge in [0.05, 0.1) is 17.2 Å². The second-order valence-corrected chi connectivity index (χ2v) is 5.65. The molecule has 0 aliphatic heterocycles. The van der Waals surface area contributed by atoms with Crippen LogP contribution in [0, 0.1) is 0 Å². The molecular weight excluding hydrogens is 276 g/mol. The van der Waals surface area contributed by atoms with Crippen molar-refractivity contribution in [2.45, 2.75) is 11.3 Å². The van der Waals surface area contributed by atoms with Crippen LogP contribution in [0.25, 0.3) is 0 Å². The summed E-state index contributed by atoms with van der Waals surface area (Å²) in [6.45, 7) is 0.244. The smallest absolute Gasteiger partial charge is 0.233 e. The van der Waals surface area contributed by atoms with Crippen molar-refractivity contribution in [2.75, 3.05) is 18.8 Å². The lowest BCUT2D eigenvalue weighted by Gasteiger charge is -2.05. The molecule has 0 saturated heterocycles. The predicted octanol–water partition coefficient (Wildman–Crippen LogP) is 0.347. The quantitative estimate of drug-likeness (QED) is 0.740. The number of carbonyl (C=O) groups excluding carboxylic acids is 1. The maximum atomic E-state index is 11.8. The van der Waals surface area contributed by atoms with Gasteiger partial charge in [0.2, 0.25) is 5.91 Å². The number of sulfone groups is 1. The monoisotopic (exact) mass is 292 g/mol. The van der Waals surface area contributed by atoms with Gasteiger partial charge in [-0.05, 0) is 18.6 Å². The van der Waals surface area contributed by atoms with E-state index in [1.807, 2.05) is 0 Å². The molecule has 0 fully saturated rings. The number of carbonyl (C=O) groups is 1. The van der Waals surface area contributed by atoms with E-state index in [1.165, 1.54) is 0 Å². The number of amides is 1. The summed E-state index contributed by atoms with van der Waals surface area (Å²) < 4.78 is 23.6. The van der Waals surface area contributed by atoms with Crippen LogP contribution in [0.1, 0.15) is 6.42 Å². The molecule has 1 aromatic carbocycles. The number of benzene rings is 1. The Bertz CT molecular complexity index is 462. The third-order valence-corrected chi connectivity index (χ3v) is 4.02. The normalized spacial score (nSPS) is 10.5. The van der Waals surface area contributed by atoms with E-state index in [1.54, 1.807) is 30.3 Å². The molecule has 1 amide bonds. The lowest BCUT2D eigenvalue weighted by atomic mass is 10.4. The fraction of sp³-hybridized carbons (Fsp3) is 0.364. The van der Waals surface area contributed by atoms with Gasteiger partial charge in [-0.2, -0.15) is 0 Å². The Kier molecular flexibility index (Phi) is 7.58. The Hall–Kier alpha value is -1.11. The molecule has 0 bridgehead atoms. The summed E-state index contributed by atoms with van der Waals surface area (Å²) in [5, 5.41) is 2.53. The predicted molar refractivity (Wildman–Crippen MR) is 72.4 cm³/mol. The van der Waals surface area contributed by atoms with Crippen LogP contribution >= 0.6 is 12.4 Å². The maximum absolute atomic E-state index is 11.8. The molecule has 0 unspecified atom stereocenters. The van der Waals surface area contributed by atoms with E-state index < -0.39 is 9.84 Å². The molecule has 0 saturated carbocycles. The molecule has 18 heavy (non-hydrogen) atoms. The molecule has 102 valence electrons. The topological polar surface area (TPSA) is 89.3 Å². The van der Waals surface area contributed by atoms with Crippen LogP contribution in [0.15, 0.2) is 35.2 Å². The Morgan fingerprint density at radius 2 is 1.83 bits per heavy atom. The van der Waals surface area contributed by atoms with Crippen molar-refractivity contribution in [3.8, 4) is 0 Å². The third-order valence-electron chi connectivity index (χ3n) is 2.20. The van der Waals surface area contributed by atoms with Crippen LogP contribution in [0.4, 0.5) is 0 Å². The van der Waals surface area contributed by atoms with E-state index in [-0.39, 0.29) is 30.6 Å². The minimum Gasteiger partial charge on any atom is -0.355 e. The minimum absolute atomic E-state index is 0. The largest absolute Gasteiger partial charge is 0.355 e. The van der Waals surface area contributed by atoms with Crippen LogP contribution < -0.4 is 11.1 Å². The molecular formula is C11H17ClN2O3S. The maximum Gasteiger partial charge on any atom is 0.233 e. The van der Waals surface area contributed by atoms with Crippen LogP contribution in [0.3, 0.4) is 0 Å². The minimum atomic E-state index is -3.25. The Morgan fingerprint density at radius 1 is 1.22 bits per heavy atom. The van der Waals surface area contributed by atoms with E-state index in [2.05, 4.69) is 5.32 Å². The SMILES string of the molecule is Cl.NCC(=O)NCCCS(=O)(=O)c1ccccc1. The summed E-state index contributed by atoms with van der Waals surface area (Å²) in [4.78, 5) is 11.1. The van der Waals surface area contributed by atoms with Gasteiger partial charge in [-0.15, -0.1) is 12.4 Å². The lowest BCUT2D eigenvalue weighted by Crippen LogP contribution is -2.31. The van der Waals surface area contributed by atoms with Gasteiger partial charge in [-0.3, -0.25) is 4.79 Å². The molecule has 3 N–H and O–H groups in total. The van der Waals surface area contributed by atoms with Crippen LogP contribution in [0.2, 0.25) is 0 Å². The summed E-state index contributed by atoms with van der Waals surface area (Å²) >= 11 is 0. The Labute approximate surface area is 113 Å². The molecule has 1 aromatic rings. The average Bonchev–Trinajstić information content (AvgIpc) is 2.35. The molecule has 0 aliphatic carbocycles. The zero-order valence-corrected chi connectivity index (χ0v) is 11.5. The fourth-order valence-electron chi connectivity index (χ4n) is 1.31. The Balaban J connectivity index is 0.00000289. The first-order valence-corrected chi connectivity index (χ1v) is 6.96. The zero-order valence-electron chi connectivity index (χ0n) is 9.83. The second-order valence-electron chi connectivity index (χ2n) is 3.54. The number of hydrogen-bond donors (Lipinski definition) is 2. The Morgan fingerprint density at radius 3 is 2.39 bits per heavy atom. The number of nitrogens with one attached hydrogen (secondary N) is 1. The van der Waals surface area contributed by atoms with Gasteiger partial charge in [-0.1, -0.05) is 18.2 Å². The summed E-state index contributed by atoms with van der Waals surface area (Å²) in [5.74, 6) is -0.260. The first-order valence-electron chi connectivity index (χ1n) is 5.31. The fourth-order valence-corrected chi connectivity index (χ4v) is 2.64. The van der Waals surface area contributed by atoms with Crippen LogP contribution in [-0.4, -0.2) is 33.2 Å². The van der Waals surface area contributed by atoms with Crippen molar-refractivity contribution in [3.63, 3.8) is 0 Å². The molecule has 5 nitrogen and oxygen atoms in total. The molecule has 0 spiro atoms. The van der Waals surface area contributed by atoms with Gasteiger partial charge in [0.1, 0.15) is 0 Å². The third kappa shape index (κ3) is 5.48. The lowest BCUT2D eigenvalue weighted by molar-refractivity contribution is -0.119. The van der Waals surface area contributed by atoms with E-state index in [0.717, 1.165) is 0 Å². The first-order chi connectivity index (χ1) is 8.06. The van der Waals surface area contributed by atoms with E-state index >= 15 is 0 Å². The van der Waals surface area contributed by atoms with Crippen molar-refractivity contribution in [1.82, 2.24) is 5.32 Å². The van der Waals surface area contributed by atoms with E-state index in [4.69, 9.17) is 5.73 Å². The number of halogens is 1. The first kappa shape index (κ1) is 16.9. The highest BCUT2D eigenvalue weighted by molar-refractivity contribution is 7.91. The van der Waals surface area contributed by atoms with Crippen molar-refractivity contribution >= 4 is 28.2 Å². The molecule has 0 aromatic heterocycles. The number of nitrogens with two attached hydrogens (primary N) is 1. The van der Waals surface area contributed by atoms with Crippen LogP contribution in [-0.2, 0) is 14.6 Å². The van der Waals surface area contributed by atoms with Gasteiger partial charge < -0.3 is 11.1 Å². The second kappa shape index (κ2) is 8.07. The van der Waals surface area contributed by atoms with Crippen LogP contribution in [0.5, 0.6) is 0 Å². The highest BCUT2D eigenvalue weighted by Gasteiger charge is 2.12.